The standard InChI is InChI=1S/C19H15N2OS.C5H5.Fe/c22-18(16-8-2-1-3-9-16)21-19(23)20-17-12-10-15(11-13-17)14-6-4-5-7-14;1-2-4-5-3-1;/h1-13H,(H2,20,21,22,23);1-5H;/q;;+2/p-2. The van der Waals surface area contributed by atoms with Gasteiger partial charge >= 0.3 is 17.1 Å². The fourth-order valence-corrected chi connectivity index (χ4v) is 2.67. The molecule has 0 aliphatic heterocycles. The van der Waals surface area contributed by atoms with Crippen molar-refractivity contribution < 1.29 is 22.2 Å². The minimum atomic E-state index is -0.382. The topological polar surface area (TPSA) is 47.8 Å². The van der Waals surface area contributed by atoms with Crippen molar-refractivity contribution in [3.8, 4) is 0 Å². The molecule has 3 nitrogen and oxygen atoms in total. The van der Waals surface area contributed by atoms with Crippen LogP contribution in [-0.2, 0) is 29.7 Å². The Morgan fingerprint density at radius 1 is 0.724 bits per heavy atom. The van der Waals surface area contributed by atoms with Crippen molar-refractivity contribution >= 4 is 29.4 Å². The molecule has 0 unspecified atom stereocenters. The van der Waals surface area contributed by atoms with Crippen LogP contribution in [0.15, 0.2) is 64.6 Å². The summed E-state index contributed by atoms with van der Waals surface area (Å²) >= 11 is 5.07. The van der Waals surface area contributed by atoms with Crippen molar-refractivity contribution in [1.29, 1.82) is 0 Å². The Kier molecular flexibility index (Phi) is 10.4. The van der Waals surface area contributed by atoms with Gasteiger partial charge in [0.25, 0.3) is 0 Å². The van der Waals surface area contributed by atoms with E-state index in [1.54, 1.807) is 24.3 Å². The molecule has 0 spiro atoms. The van der Waals surface area contributed by atoms with E-state index < -0.39 is 0 Å². The number of hydrogen-bond acceptors (Lipinski definition) is 3. The Balaban J connectivity index is 0.000000437. The number of aliphatic imine (C=N–C) groups is 2. The molecule has 0 amide bonds. The summed E-state index contributed by atoms with van der Waals surface area (Å²) in [5.41, 5.74) is 2.28. The Hall–Kier alpha value is -1.68. The number of nitrogens with zero attached hydrogens (tertiary/aromatic N) is 2. The van der Waals surface area contributed by atoms with Crippen molar-refractivity contribution in [1.82, 2.24) is 0 Å². The molecule has 2 aromatic carbocycles. The van der Waals surface area contributed by atoms with Gasteiger partial charge in [-0.15, -0.1) is 0 Å². The third kappa shape index (κ3) is 7.92. The predicted octanol–water partition coefficient (Wildman–Crippen LogP) is 3.80. The van der Waals surface area contributed by atoms with Crippen LogP contribution in [0.5, 0.6) is 0 Å². The van der Waals surface area contributed by atoms with Gasteiger partial charge in [0.05, 0.1) is 5.69 Å². The monoisotopic (exact) mass is 438 g/mol. The summed E-state index contributed by atoms with van der Waals surface area (Å²) in [6, 6.07) is 16.5. The van der Waals surface area contributed by atoms with Crippen LogP contribution in [0.1, 0.15) is 11.1 Å². The number of hydrogen-bond donors (Lipinski definition) is 0. The second kappa shape index (κ2) is 12.8. The smallest absolute Gasteiger partial charge is 0.858 e. The van der Waals surface area contributed by atoms with Gasteiger partial charge in [-0.2, -0.15) is 0 Å². The zero-order valence-corrected chi connectivity index (χ0v) is 17.4. The van der Waals surface area contributed by atoms with Crippen LogP contribution in [0.2, 0.25) is 0 Å². The number of rotatable bonds is 3. The van der Waals surface area contributed by atoms with E-state index in [4.69, 9.17) is 12.6 Å². The fourth-order valence-electron chi connectivity index (χ4n) is 2.48. The van der Waals surface area contributed by atoms with Crippen LogP contribution in [0.4, 0.5) is 5.69 Å². The predicted molar refractivity (Wildman–Crippen MR) is 115 cm³/mol. The van der Waals surface area contributed by atoms with E-state index in [0.29, 0.717) is 11.3 Å². The van der Waals surface area contributed by atoms with Gasteiger partial charge in [0.1, 0.15) is 0 Å². The van der Waals surface area contributed by atoms with Gasteiger partial charge in [-0.05, 0) is 86.9 Å². The molecule has 0 atom stereocenters. The van der Waals surface area contributed by atoms with Gasteiger partial charge < -0.3 is 17.7 Å². The minimum absolute atomic E-state index is 0. The molecule has 2 saturated carbocycles. The first kappa shape index (κ1) is 23.6. The maximum Gasteiger partial charge on any atom is 2.00 e. The van der Waals surface area contributed by atoms with Crippen molar-refractivity contribution in [2.24, 2.45) is 9.98 Å². The van der Waals surface area contributed by atoms with E-state index in [2.05, 4.69) is 9.98 Å². The van der Waals surface area contributed by atoms with Crippen LogP contribution >= 0.6 is 0 Å². The van der Waals surface area contributed by atoms with Crippen molar-refractivity contribution in [3.05, 3.63) is 129 Å². The molecule has 5 heteroatoms. The summed E-state index contributed by atoms with van der Waals surface area (Å²) in [5, 5.41) is 12.0. The average Bonchev–Trinajstić information content (AvgIpc) is 3.46. The van der Waals surface area contributed by atoms with Gasteiger partial charge in [0.2, 0.25) is 0 Å². The molecule has 0 heterocycles. The average molecular weight is 438 g/mol. The van der Waals surface area contributed by atoms with Gasteiger partial charge in [0.15, 0.2) is 0 Å². The largest absolute Gasteiger partial charge is 2.00 e. The zero-order valence-electron chi connectivity index (χ0n) is 15.5. The quantitative estimate of drug-likeness (QED) is 0.317. The van der Waals surface area contributed by atoms with E-state index in [1.165, 1.54) is 0 Å². The van der Waals surface area contributed by atoms with Crippen LogP contribution in [-0.4, -0.2) is 11.1 Å². The van der Waals surface area contributed by atoms with Crippen LogP contribution in [0, 0.1) is 63.7 Å². The van der Waals surface area contributed by atoms with E-state index >= 15 is 0 Å². The second-order valence-electron chi connectivity index (χ2n) is 5.86. The third-order valence-corrected chi connectivity index (χ3v) is 4.04. The Morgan fingerprint density at radius 2 is 1.28 bits per heavy atom. The van der Waals surface area contributed by atoms with E-state index in [0.717, 1.165) is 11.5 Å². The molecule has 0 aromatic heterocycles. The summed E-state index contributed by atoms with van der Waals surface area (Å²) < 4.78 is 0. The van der Waals surface area contributed by atoms with E-state index in [-0.39, 0.29) is 28.1 Å². The SMILES string of the molecule is [CH]1[CH][CH][CH][CH]1.[Fe+2].[O-]/C(=N\C([S-])=Nc1ccc([C]2[CH][CH][CH][CH]2)cc1)c1ccccc1. The van der Waals surface area contributed by atoms with E-state index in [9.17, 15) is 5.11 Å². The van der Waals surface area contributed by atoms with Crippen LogP contribution in [0.3, 0.4) is 0 Å². The summed E-state index contributed by atoms with van der Waals surface area (Å²) in [7, 11) is 0. The molecule has 4 rings (SSSR count). The molecule has 0 saturated heterocycles. The van der Waals surface area contributed by atoms with Gasteiger partial charge in [-0.1, -0.05) is 42.5 Å². The van der Waals surface area contributed by atoms with Crippen LogP contribution < -0.4 is 5.11 Å². The first-order valence-electron chi connectivity index (χ1n) is 8.78. The Morgan fingerprint density at radius 3 is 1.83 bits per heavy atom. The van der Waals surface area contributed by atoms with Gasteiger partial charge in [0, 0.05) is 11.1 Å². The van der Waals surface area contributed by atoms with Crippen LogP contribution in [0.25, 0.3) is 0 Å². The van der Waals surface area contributed by atoms with Crippen molar-refractivity contribution in [3.63, 3.8) is 0 Å². The summed E-state index contributed by atoms with van der Waals surface area (Å²) in [6.07, 6.45) is 18.1. The number of amidine groups is 1. The summed E-state index contributed by atoms with van der Waals surface area (Å²) in [4.78, 5) is 8.03. The fraction of sp³-hybridized carbons (Fsp3) is 0. The molecule has 10 radical (unpaired) electrons. The van der Waals surface area contributed by atoms with Gasteiger partial charge in [-0.25, -0.2) is 0 Å². The third-order valence-electron chi connectivity index (χ3n) is 3.86. The van der Waals surface area contributed by atoms with E-state index in [1.807, 2.05) is 88.1 Å². The molecule has 2 fully saturated rings. The molecular formula is C24H18FeN2OS. The first-order chi connectivity index (χ1) is 13.7. The normalized spacial score (nSPS) is 17.4. The second-order valence-corrected chi connectivity index (χ2v) is 6.23. The molecule has 2 aliphatic carbocycles. The number of benzene rings is 2. The molecule has 0 bridgehead atoms. The maximum absolute atomic E-state index is 11.9. The molecule has 2 aliphatic rings. The minimum Gasteiger partial charge on any atom is -0.858 e. The van der Waals surface area contributed by atoms with Gasteiger partial charge in [-0.3, -0.25) is 9.98 Å². The molecule has 29 heavy (non-hydrogen) atoms. The molecule has 0 N–H and O–H groups in total. The summed E-state index contributed by atoms with van der Waals surface area (Å²) in [5.74, 6) is 0.774. The summed E-state index contributed by atoms with van der Waals surface area (Å²) in [6.45, 7) is 0. The molecule has 2 aromatic rings. The maximum atomic E-state index is 11.9. The first-order valence-corrected chi connectivity index (χ1v) is 9.19. The van der Waals surface area contributed by atoms with Crippen molar-refractivity contribution in [2.75, 3.05) is 0 Å². The molecular weight excluding hydrogens is 420 g/mol. The Bertz CT molecular complexity index is 773. The Labute approximate surface area is 190 Å². The van der Waals surface area contributed by atoms with Crippen molar-refractivity contribution in [2.45, 2.75) is 0 Å². The molecule has 144 valence electrons. The zero-order chi connectivity index (χ0) is 19.6.